The molecule has 140 valence electrons. The monoisotopic (exact) mass is 354 g/mol. The number of carbonyl (C=O) groups is 2. The second-order valence-corrected chi connectivity index (χ2v) is 9.21. The zero-order valence-electron chi connectivity index (χ0n) is 15.9. The Morgan fingerprint density at radius 2 is 1.54 bits per heavy atom. The highest BCUT2D eigenvalue weighted by atomic mass is 16.2. The Labute approximate surface area is 156 Å². The molecule has 1 aromatic rings. The summed E-state index contributed by atoms with van der Waals surface area (Å²) in [5.41, 5.74) is 1.62. The van der Waals surface area contributed by atoms with Gasteiger partial charge in [0.05, 0.1) is 0 Å². The highest BCUT2D eigenvalue weighted by Gasteiger charge is 2.54. The van der Waals surface area contributed by atoms with Crippen LogP contribution in [0.5, 0.6) is 0 Å². The van der Waals surface area contributed by atoms with Crippen molar-refractivity contribution >= 4 is 11.8 Å². The van der Waals surface area contributed by atoms with Crippen molar-refractivity contribution in [2.45, 2.75) is 65.0 Å². The Bertz CT molecular complexity index is 657. The molecule has 0 aliphatic heterocycles. The van der Waals surface area contributed by atoms with Crippen molar-refractivity contribution < 1.29 is 9.59 Å². The van der Waals surface area contributed by atoms with Crippen LogP contribution in [0, 0.1) is 23.2 Å². The molecule has 4 aliphatic rings. The van der Waals surface area contributed by atoms with Gasteiger partial charge in [0.15, 0.2) is 0 Å². The Morgan fingerprint density at radius 1 is 1.00 bits per heavy atom. The first-order chi connectivity index (χ1) is 12.4. The van der Waals surface area contributed by atoms with E-state index >= 15 is 0 Å². The Kier molecular flexibility index (Phi) is 4.54. The van der Waals surface area contributed by atoms with E-state index in [4.69, 9.17) is 0 Å². The molecule has 4 heteroatoms. The first-order valence-electron chi connectivity index (χ1n) is 10.1. The van der Waals surface area contributed by atoms with Crippen molar-refractivity contribution in [3.05, 3.63) is 35.4 Å². The number of rotatable bonds is 5. The molecule has 0 aromatic heterocycles. The molecule has 2 N–H and O–H groups in total. The van der Waals surface area contributed by atoms with Crippen LogP contribution in [0.4, 0.5) is 0 Å². The normalized spacial score (nSPS) is 31.9. The zero-order valence-corrected chi connectivity index (χ0v) is 15.9. The van der Waals surface area contributed by atoms with Crippen LogP contribution in [-0.2, 0) is 11.3 Å². The van der Waals surface area contributed by atoms with Gasteiger partial charge in [-0.15, -0.1) is 0 Å². The molecule has 2 amide bonds. The Balaban J connectivity index is 1.35. The molecule has 0 radical (unpaired) electrons. The molecule has 4 saturated carbocycles. The molecular weight excluding hydrogens is 324 g/mol. The summed E-state index contributed by atoms with van der Waals surface area (Å²) in [6.07, 6.45) is 7.35. The number of nitrogens with one attached hydrogen (secondary N) is 2. The molecule has 26 heavy (non-hydrogen) atoms. The van der Waals surface area contributed by atoms with Gasteiger partial charge in [-0.3, -0.25) is 9.59 Å². The van der Waals surface area contributed by atoms with Crippen molar-refractivity contribution in [3.8, 4) is 0 Å². The van der Waals surface area contributed by atoms with E-state index in [1.165, 1.54) is 19.3 Å². The number of hydrogen-bond donors (Lipinski definition) is 2. The summed E-state index contributed by atoms with van der Waals surface area (Å²) in [4.78, 5) is 25.0. The number of carbonyl (C=O) groups excluding carboxylic acids is 2. The predicted octanol–water partition coefficient (Wildman–Crippen LogP) is 3.66. The highest BCUT2D eigenvalue weighted by molar-refractivity contribution is 5.94. The van der Waals surface area contributed by atoms with E-state index < -0.39 is 0 Å². The third-order valence-corrected chi connectivity index (χ3v) is 6.61. The molecule has 0 saturated heterocycles. The lowest BCUT2D eigenvalue weighted by molar-refractivity contribution is -0.146. The molecular formula is C22H30N2O2. The van der Waals surface area contributed by atoms with Crippen molar-refractivity contribution in [1.82, 2.24) is 10.6 Å². The minimum absolute atomic E-state index is 0.0517. The second kappa shape index (κ2) is 6.71. The molecule has 0 heterocycles. The van der Waals surface area contributed by atoms with Crippen LogP contribution in [-0.4, -0.2) is 17.9 Å². The molecule has 5 rings (SSSR count). The van der Waals surface area contributed by atoms with Crippen LogP contribution in [0.15, 0.2) is 24.3 Å². The van der Waals surface area contributed by atoms with Crippen LogP contribution in [0.3, 0.4) is 0 Å². The SMILES string of the molecule is CC(C)NC(=O)c1ccc(CNC(=O)C23CC4CC(CC(C4)C2)C3)cc1. The first-order valence-corrected chi connectivity index (χ1v) is 10.1. The van der Waals surface area contributed by atoms with E-state index in [0.29, 0.717) is 12.1 Å². The molecule has 4 nitrogen and oxygen atoms in total. The summed E-state index contributed by atoms with van der Waals surface area (Å²) in [5.74, 6) is 2.56. The van der Waals surface area contributed by atoms with Gasteiger partial charge in [0.1, 0.15) is 0 Å². The molecule has 4 aliphatic carbocycles. The van der Waals surface area contributed by atoms with Crippen LogP contribution in [0.25, 0.3) is 0 Å². The maximum Gasteiger partial charge on any atom is 0.251 e. The molecule has 0 atom stereocenters. The third-order valence-electron chi connectivity index (χ3n) is 6.61. The van der Waals surface area contributed by atoms with Crippen molar-refractivity contribution in [3.63, 3.8) is 0 Å². The minimum Gasteiger partial charge on any atom is -0.352 e. The number of benzene rings is 1. The standard InChI is InChI=1S/C22H30N2O2/c1-14(2)24-20(25)19-5-3-15(4-6-19)13-23-21(26)22-10-16-7-17(11-22)9-18(8-16)12-22/h3-6,14,16-18H,7-13H2,1-2H3,(H,23,26)(H,24,25). The van der Waals surface area contributed by atoms with Gasteiger partial charge < -0.3 is 10.6 Å². The van der Waals surface area contributed by atoms with Crippen LogP contribution in [0.2, 0.25) is 0 Å². The summed E-state index contributed by atoms with van der Waals surface area (Å²) in [7, 11) is 0. The molecule has 4 fully saturated rings. The zero-order chi connectivity index (χ0) is 18.3. The lowest BCUT2D eigenvalue weighted by Gasteiger charge is -2.55. The summed E-state index contributed by atoms with van der Waals surface area (Å²) < 4.78 is 0. The van der Waals surface area contributed by atoms with Crippen LogP contribution >= 0.6 is 0 Å². The largest absolute Gasteiger partial charge is 0.352 e. The van der Waals surface area contributed by atoms with Gasteiger partial charge >= 0.3 is 0 Å². The maximum atomic E-state index is 13.0. The fraction of sp³-hybridized carbons (Fsp3) is 0.636. The van der Waals surface area contributed by atoms with Gasteiger partial charge in [-0.05, 0) is 87.8 Å². The smallest absolute Gasteiger partial charge is 0.251 e. The van der Waals surface area contributed by atoms with Crippen molar-refractivity contribution in [2.24, 2.45) is 23.2 Å². The van der Waals surface area contributed by atoms with Crippen molar-refractivity contribution in [1.29, 1.82) is 0 Å². The summed E-state index contributed by atoms with van der Waals surface area (Å²) in [6.45, 7) is 4.45. The van der Waals surface area contributed by atoms with Gasteiger partial charge in [0.2, 0.25) is 5.91 Å². The average molecular weight is 354 g/mol. The molecule has 1 aromatic carbocycles. The van der Waals surface area contributed by atoms with Gasteiger partial charge in [0, 0.05) is 23.6 Å². The first kappa shape index (κ1) is 17.6. The van der Waals surface area contributed by atoms with E-state index in [1.54, 1.807) is 0 Å². The summed E-state index contributed by atoms with van der Waals surface area (Å²) >= 11 is 0. The van der Waals surface area contributed by atoms with Gasteiger partial charge in [-0.2, -0.15) is 0 Å². The van der Waals surface area contributed by atoms with Gasteiger partial charge in [-0.25, -0.2) is 0 Å². The Morgan fingerprint density at radius 3 is 2.04 bits per heavy atom. The average Bonchev–Trinajstić information content (AvgIpc) is 2.58. The topological polar surface area (TPSA) is 58.2 Å². The summed E-state index contributed by atoms with van der Waals surface area (Å²) in [6, 6.07) is 7.68. The lowest BCUT2D eigenvalue weighted by atomic mass is 9.49. The van der Waals surface area contributed by atoms with E-state index in [2.05, 4.69) is 10.6 Å². The number of hydrogen-bond acceptors (Lipinski definition) is 2. The predicted molar refractivity (Wildman–Crippen MR) is 101 cm³/mol. The molecule has 4 bridgehead atoms. The quantitative estimate of drug-likeness (QED) is 0.848. The fourth-order valence-electron chi connectivity index (χ4n) is 5.88. The highest BCUT2D eigenvalue weighted by Crippen LogP contribution is 2.60. The van der Waals surface area contributed by atoms with Gasteiger partial charge in [-0.1, -0.05) is 12.1 Å². The Hall–Kier alpha value is -1.84. The third kappa shape index (κ3) is 3.38. The van der Waals surface area contributed by atoms with Crippen molar-refractivity contribution in [2.75, 3.05) is 0 Å². The minimum atomic E-state index is -0.0914. The van der Waals surface area contributed by atoms with E-state index in [9.17, 15) is 9.59 Å². The number of amides is 2. The van der Waals surface area contributed by atoms with E-state index in [0.717, 1.165) is 42.6 Å². The maximum absolute atomic E-state index is 13.0. The van der Waals surface area contributed by atoms with Gasteiger partial charge in [0.25, 0.3) is 5.91 Å². The molecule has 0 unspecified atom stereocenters. The van der Waals surface area contributed by atoms with E-state index in [-0.39, 0.29) is 23.3 Å². The van der Waals surface area contributed by atoms with E-state index in [1.807, 2.05) is 38.1 Å². The van der Waals surface area contributed by atoms with Crippen LogP contribution in [0.1, 0.15) is 68.3 Å². The molecule has 0 spiro atoms. The van der Waals surface area contributed by atoms with Crippen LogP contribution < -0.4 is 10.6 Å². The summed E-state index contributed by atoms with van der Waals surface area (Å²) in [5, 5.41) is 6.09. The second-order valence-electron chi connectivity index (χ2n) is 9.21. The lowest BCUT2D eigenvalue weighted by Crippen LogP contribution is -2.53. The fourth-order valence-corrected chi connectivity index (χ4v) is 5.88.